The number of rotatable bonds is 3. The predicted molar refractivity (Wildman–Crippen MR) is 64.1 cm³/mol. The van der Waals surface area contributed by atoms with E-state index in [-0.39, 0.29) is 11.3 Å². The van der Waals surface area contributed by atoms with E-state index in [0.717, 1.165) is 6.42 Å². The van der Waals surface area contributed by atoms with E-state index in [1.165, 1.54) is 12.8 Å². The first-order valence-corrected chi connectivity index (χ1v) is 6.20. The van der Waals surface area contributed by atoms with Crippen LogP contribution in [0, 0.1) is 10.8 Å². The molecule has 1 rings (SSSR count). The van der Waals surface area contributed by atoms with E-state index in [9.17, 15) is 4.79 Å². The molecule has 88 valence electrons. The number of hydrogen-bond donors (Lipinski definition) is 1. The van der Waals surface area contributed by atoms with E-state index in [4.69, 9.17) is 11.6 Å². The van der Waals surface area contributed by atoms with Crippen LogP contribution in [0.4, 0.5) is 0 Å². The maximum absolute atomic E-state index is 11.9. The zero-order valence-electron chi connectivity index (χ0n) is 10.2. The third kappa shape index (κ3) is 2.87. The van der Waals surface area contributed by atoms with Crippen LogP contribution in [0.2, 0.25) is 0 Å². The maximum atomic E-state index is 11.9. The molecular weight excluding hydrogens is 210 g/mol. The summed E-state index contributed by atoms with van der Waals surface area (Å²) in [7, 11) is 0. The van der Waals surface area contributed by atoms with Gasteiger partial charge < -0.3 is 5.32 Å². The van der Waals surface area contributed by atoms with Crippen molar-refractivity contribution in [3.63, 3.8) is 0 Å². The van der Waals surface area contributed by atoms with Gasteiger partial charge in [-0.25, -0.2) is 0 Å². The molecule has 0 heterocycles. The van der Waals surface area contributed by atoms with E-state index >= 15 is 0 Å². The van der Waals surface area contributed by atoms with Gasteiger partial charge in [0, 0.05) is 11.9 Å². The summed E-state index contributed by atoms with van der Waals surface area (Å²) < 4.78 is 0. The summed E-state index contributed by atoms with van der Waals surface area (Å²) in [6.07, 6.45) is 3.50. The van der Waals surface area contributed by atoms with Gasteiger partial charge in [-0.05, 0) is 32.1 Å². The first kappa shape index (κ1) is 12.8. The van der Waals surface area contributed by atoms with Crippen LogP contribution in [-0.2, 0) is 4.79 Å². The minimum absolute atomic E-state index is 0.0810. The average Bonchev–Trinajstić information content (AvgIpc) is 2.46. The van der Waals surface area contributed by atoms with Crippen molar-refractivity contribution < 1.29 is 4.79 Å². The van der Waals surface area contributed by atoms with Gasteiger partial charge in [-0.15, -0.1) is 11.6 Å². The highest BCUT2D eigenvalue weighted by atomic mass is 35.5. The molecule has 1 atom stereocenters. The minimum atomic E-state index is -0.458. The number of halogens is 1. The monoisotopic (exact) mass is 231 g/mol. The Morgan fingerprint density at radius 3 is 2.53 bits per heavy atom. The van der Waals surface area contributed by atoms with Crippen molar-refractivity contribution in [3.8, 4) is 0 Å². The molecule has 0 aliphatic heterocycles. The first-order valence-electron chi connectivity index (χ1n) is 5.66. The second-order valence-electron chi connectivity index (χ2n) is 5.92. The van der Waals surface area contributed by atoms with Gasteiger partial charge in [-0.1, -0.05) is 20.3 Å². The molecule has 1 unspecified atom stereocenters. The molecule has 0 spiro atoms. The number of alkyl halides is 1. The van der Waals surface area contributed by atoms with Gasteiger partial charge in [0.2, 0.25) is 5.91 Å². The van der Waals surface area contributed by atoms with Crippen molar-refractivity contribution in [2.45, 2.75) is 53.0 Å². The molecule has 2 nitrogen and oxygen atoms in total. The Balaban J connectivity index is 2.59. The lowest BCUT2D eigenvalue weighted by Crippen LogP contribution is -2.47. The number of carbonyl (C=O) groups is 1. The summed E-state index contributed by atoms with van der Waals surface area (Å²) in [6, 6.07) is 0.312. The minimum Gasteiger partial charge on any atom is -0.352 e. The first-order chi connectivity index (χ1) is 6.79. The predicted octanol–water partition coefficient (Wildman–Crippen LogP) is 2.95. The summed E-state index contributed by atoms with van der Waals surface area (Å²) in [6.45, 7) is 8.21. The molecule has 1 aliphatic carbocycles. The van der Waals surface area contributed by atoms with Crippen molar-refractivity contribution in [2.24, 2.45) is 10.8 Å². The van der Waals surface area contributed by atoms with Gasteiger partial charge >= 0.3 is 0 Å². The average molecular weight is 232 g/mol. The standard InChI is InChI=1S/C12H22ClNO/c1-11(2)7-5-6-9(11)14-10(15)12(3,4)8-13/h9H,5-8H2,1-4H3,(H,14,15). The molecule has 15 heavy (non-hydrogen) atoms. The van der Waals surface area contributed by atoms with Gasteiger partial charge in [0.15, 0.2) is 0 Å². The van der Waals surface area contributed by atoms with Crippen molar-refractivity contribution in [2.75, 3.05) is 5.88 Å². The summed E-state index contributed by atoms with van der Waals surface area (Å²) in [5.41, 5.74) is -0.224. The van der Waals surface area contributed by atoms with Crippen LogP contribution in [0.1, 0.15) is 47.0 Å². The molecule has 0 saturated heterocycles. The van der Waals surface area contributed by atoms with Gasteiger partial charge in [-0.2, -0.15) is 0 Å². The molecule has 0 aromatic carbocycles. The van der Waals surface area contributed by atoms with Gasteiger partial charge in [0.1, 0.15) is 0 Å². The summed E-state index contributed by atoms with van der Waals surface area (Å²) in [5, 5.41) is 3.14. The molecule has 1 amide bonds. The molecule has 1 fully saturated rings. The molecule has 1 N–H and O–H groups in total. The van der Waals surface area contributed by atoms with E-state index in [2.05, 4.69) is 19.2 Å². The van der Waals surface area contributed by atoms with Crippen molar-refractivity contribution >= 4 is 17.5 Å². The fourth-order valence-corrected chi connectivity index (χ4v) is 2.13. The van der Waals surface area contributed by atoms with E-state index in [1.807, 2.05) is 13.8 Å². The second kappa shape index (κ2) is 4.32. The van der Waals surface area contributed by atoms with Crippen LogP contribution < -0.4 is 5.32 Å². The highest BCUT2D eigenvalue weighted by Gasteiger charge is 2.38. The number of carbonyl (C=O) groups excluding carboxylic acids is 1. The zero-order chi connectivity index (χ0) is 11.7. The molecule has 0 aromatic heterocycles. The van der Waals surface area contributed by atoms with Crippen LogP contribution in [0.15, 0.2) is 0 Å². The van der Waals surface area contributed by atoms with Gasteiger partial charge in [0.25, 0.3) is 0 Å². The van der Waals surface area contributed by atoms with Crippen LogP contribution >= 0.6 is 11.6 Å². The number of amides is 1. The van der Waals surface area contributed by atoms with E-state index in [1.54, 1.807) is 0 Å². The van der Waals surface area contributed by atoms with Crippen molar-refractivity contribution in [3.05, 3.63) is 0 Å². The smallest absolute Gasteiger partial charge is 0.227 e. The fraction of sp³-hybridized carbons (Fsp3) is 0.917. The Hall–Kier alpha value is -0.240. The Morgan fingerprint density at radius 2 is 2.13 bits per heavy atom. The van der Waals surface area contributed by atoms with Gasteiger partial charge in [-0.3, -0.25) is 4.79 Å². The summed E-state index contributed by atoms with van der Waals surface area (Å²) >= 11 is 5.78. The van der Waals surface area contributed by atoms with Gasteiger partial charge in [0.05, 0.1) is 5.41 Å². The fourth-order valence-electron chi connectivity index (χ4n) is 2.01. The lowest BCUT2D eigenvalue weighted by Gasteiger charge is -2.31. The number of nitrogens with one attached hydrogen (secondary N) is 1. The molecule has 0 bridgehead atoms. The van der Waals surface area contributed by atoms with Crippen LogP contribution in [-0.4, -0.2) is 17.8 Å². The lowest BCUT2D eigenvalue weighted by atomic mass is 9.86. The summed E-state index contributed by atoms with van der Waals surface area (Å²) in [4.78, 5) is 11.9. The van der Waals surface area contributed by atoms with Crippen molar-refractivity contribution in [1.29, 1.82) is 0 Å². The van der Waals surface area contributed by atoms with E-state index in [0.29, 0.717) is 11.9 Å². The molecular formula is C12H22ClNO. The molecule has 1 saturated carbocycles. The van der Waals surface area contributed by atoms with Crippen LogP contribution in [0.5, 0.6) is 0 Å². The SMILES string of the molecule is CC(C)(CCl)C(=O)NC1CCCC1(C)C. The molecule has 3 heteroatoms. The zero-order valence-corrected chi connectivity index (χ0v) is 10.9. The summed E-state index contributed by atoms with van der Waals surface area (Å²) in [5.74, 6) is 0.448. The Labute approximate surface area is 97.8 Å². The van der Waals surface area contributed by atoms with Crippen LogP contribution in [0.25, 0.3) is 0 Å². The third-order valence-electron chi connectivity index (χ3n) is 3.51. The molecule has 0 radical (unpaired) electrons. The number of hydrogen-bond acceptors (Lipinski definition) is 1. The topological polar surface area (TPSA) is 29.1 Å². The Morgan fingerprint density at radius 1 is 1.53 bits per heavy atom. The maximum Gasteiger partial charge on any atom is 0.227 e. The highest BCUT2D eigenvalue weighted by molar-refractivity contribution is 6.19. The molecule has 0 aromatic rings. The normalized spacial score (nSPS) is 25.3. The molecule has 1 aliphatic rings. The van der Waals surface area contributed by atoms with E-state index < -0.39 is 5.41 Å². The van der Waals surface area contributed by atoms with Crippen molar-refractivity contribution in [1.82, 2.24) is 5.32 Å². The lowest BCUT2D eigenvalue weighted by molar-refractivity contribution is -0.129. The third-order valence-corrected chi connectivity index (χ3v) is 4.18. The Kier molecular flexibility index (Phi) is 3.70. The van der Waals surface area contributed by atoms with Crippen LogP contribution in [0.3, 0.4) is 0 Å². The second-order valence-corrected chi connectivity index (χ2v) is 6.19. The largest absolute Gasteiger partial charge is 0.352 e. The quantitative estimate of drug-likeness (QED) is 0.744. The Bertz CT molecular complexity index is 248. The highest BCUT2D eigenvalue weighted by Crippen LogP contribution is 2.37.